The third-order valence-electron chi connectivity index (χ3n) is 6.73. The molecule has 208 valence electrons. The van der Waals surface area contributed by atoms with Crippen LogP contribution in [-0.4, -0.2) is 78.7 Å². The minimum atomic E-state index is -0.193. The summed E-state index contributed by atoms with van der Waals surface area (Å²) in [7, 11) is 1.62. The lowest BCUT2D eigenvalue weighted by Gasteiger charge is -2.33. The summed E-state index contributed by atoms with van der Waals surface area (Å²) in [5.74, 6) is 1.76. The number of carbonyl (C=O) groups is 1. The molecule has 1 aliphatic heterocycles. The van der Waals surface area contributed by atoms with E-state index in [4.69, 9.17) is 14.2 Å². The number of methoxy groups -OCH3 is 1. The molecule has 0 radical (unpaired) electrons. The summed E-state index contributed by atoms with van der Waals surface area (Å²) in [4.78, 5) is 25.6. The van der Waals surface area contributed by atoms with E-state index in [1.807, 2.05) is 66.7 Å². The van der Waals surface area contributed by atoms with Gasteiger partial charge in [0.25, 0.3) is 0 Å². The van der Waals surface area contributed by atoms with Crippen LogP contribution in [-0.2, 0) is 16.1 Å². The van der Waals surface area contributed by atoms with Gasteiger partial charge in [0.05, 0.1) is 19.2 Å². The van der Waals surface area contributed by atoms with Gasteiger partial charge in [-0.15, -0.1) is 0 Å². The largest absolute Gasteiger partial charge is 0.493 e. The fourth-order valence-electron chi connectivity index (χ4n) is 4.56. The van der Waals surface area contributed by atoms with Crippen molar-refractivity contribution >= 4 is 44.3 Å². The molecule has 1 aliphatic rings. The van der Waals surface area contributed by atoms with Gasteiger partial charge >= 0.3 is 5.97 Å². The normalized spacial score (nSPS) is 14.2. The molecule has 1 fully saturated rings. The number of ether oxygens (including phenoxy) is 3. The number of carbonyl (C=O) groups excluding carboxylic acids is 1. The fraction of sp³-hybridized carbons (Fsp3) is 0.300. The number of piperazine rings is 1. The molecular weight excluding hydrogens is 574 g/mol. The van der Waals surface area contributed by atoms with E-state index < -0.39 is 0 Å². The molecule has 1 N–H and O–H groups in total. The average Bonchev–Trinajstić information content (AvgIpc) is 2.97. The molecule has 0 spiro atoms. The maximum Gasteiger partial charge on any atom is 0.320 e. The highest BCUT2D eigenvalue weighted by atomic mass is 79.9. The van der Waals surface area contributed by atoms with Crippen molar-refractivity contribution in [3.63, 3.8) is 0 Å². The quantitative estimate of drug-likeness (QED) is 0.240. The Morgan fingerprint density at radius 2 is 1.75 bits per heavy atom. The molecule has 0 atom stereocenters. The van der Waals surface area contributed by atoms with Crippen molar-refractivity contribution in [1.82, 2.24) is 19.8 Å². The summed E-state index contributed by atoms with van der Waals surface area (Å²) in [6.07, 6.45) is 1.53. The van der Waals surface area contributed by atoms with Crippen LogP contribution in [0.3, 0.4) is 0 Å². The third-order valence-corrected chi connectivity index (χ3v) is 7.23. The van der Waals surface area contributed by atoms with Crippen LogP contribution in [0.2, 0.25) is 0 Å². The molecule has 1 aromatic heterocycles. The van der Waals surface area contributed by atoms with E-state index in [9.17, 15) is 4.79 Å². The van der Waals surface area contributed by atoms with Crippen molar-refractivity contribution in [2.24, 2.45) is 0 Å². The minimum Gasteiger partial charge on any atom is -0.493 e. The van der Waals surface area contributed by atoms with Crippen molar-refractivity contribution in [3.05, 3.63) is 83.1 Å². The second-order valence-electron chi connectivity index (χ2n) is 9.49. The zero-order chi connectivity index (χ0) is 27.7. The molecule has 0 bridgehead atoms. The van der Waals surface area contributed by atoms with E-state index in [0.717, 1.165) is 59.4 Å². The fourth-order valence-corrected chi connectivity index (χ4v) is 4.96. The number of nitrogens with one attached hydrogen (secondary N) is 1. The molecule has 0 aliphatic carbocycles. The number of halogens is 1. The Kier molecular flexibility index (Phi) is 9.43. The van der Waals surface area contributed by atoms with Crippen molar-refractivity contribution in [3.8, 4) is 11.5 Å². The van der Waals surface area contributed by atoms with E-state index in [1.165, 1.54) is 6.33 Å². The molecule has 4 aromatic rings. The summed E-state index contributed by atoms with van der Waals surface area (Å²) in [6, 6.07) is 21.4. The summed E-state index contributed by atoms with van der Waals surface area (Å²) in [5.41, 5.74) is 2.67. The number of anilines is 2. The second-order valence-corrected chi connectivity index (χ2v) is 10.4. The van der Waals surface area contributed by atoms with Crippen LogP contribution in [0.5, 0.6) is 11.5 Å². The van der Waals surface area contributed by atoms with E-state index >= 15 is 0 Å². The molecule has 5 rings (SSSR count). The third kappa shape index (κ3) is 7.47. The zero-order valence-corrected chi connectivity index (χ0v) is 24.0. The number of hydrogen-bond acceptors (Lipinski definition) is 9. The Bertz CT molecular complexity index is 1430. The van der Waals surface area contributed by atoms with Gasteiger partial charge in [0.2, 0.25) is 0 Å². The Labute approximate surface area is 242 Å². The van der Waals surface area contributed by atoms with Gasteiger partial charge in [-0.1, -0.05) is 52.3 Å². The molecule has 0 amide bonds. The summed E-state index contributed by atoms with van der Waals surface area (Å²) in [5, 5.41) is 4.21. The molecule has 3 aromatic carbocycles. The summed E-state index contributed by atoms with van der Waals surface area (Å²) in [6.45, 7) is 5.22. The standard InChI is InChI=1S/C30H32BrN5O4/c1-38-27-18-26-25(30(33-21-32-26)34-24-9-5-8-23(31)16-24)17-28(27)39-15-14-35-10-12-36(13-11-35)19-29(37)40-20-22-6-3-2-4-7-22/h2-9,16-18,21H,10-15,19-20H2,1H3,(H,32,33,34). The SMILES string of the molecule is COc1cc2ncnc(Nc3cccc(Br)c3)c2cc1OCCN1CCN(CC(=O)OCc2ccccc2)CC1. The number of rotatable bonds is 11. The highest BCUT2D eigenvalue weighted by Crippen LogP contribution is 2.35. The van der Waals surface area contributed by atoms with Crippen molar-refractivity contribution in [2.45, 2.75) is 6.61 Å². The van der Waals surface area contributed by atoms with Gasteiger partial charge in [0.15, 0.2) is 11.5 Å². The lowest BCUT2D eigenvalue weighted by Crippen LogP contribution is -2.49. The van der Waals surface area contributed by atoms with Crippen molar-refractivity contribution in [1.29, 1.82) is 0 Å². The first kappa shape index (κ1) is 27.8. The highest BCUT2D eigenvalue weighted by Gasteiger charge is 2.20. The molecule has 1 saturated heterocycles. The predicted octanol–water partition coefficient (Wildman–Crippen LogP) is 4.88. The van der Waals surface area contributed by atoms with Gasteiger partial charge in [-0.05, 0) is 29.8 Å². The Hall–Kier alpha value is -3.73. The molecule has 9 nitrogen and oxygen atoms in total. The van der Waals surface area contributed by atoms with Gasteiger partial charge < -0.3 is 19.5 Å². The van der Waals surface area contributed by atoms with Crippen LogP contribution in [0.1, 0.15) is 5.56 Å². The topological polar surface area (TPSA) is 89.1 Å². The van der Waals surface area contributed by atoms with Crippen LogP contribution in [0.4, 0.5) is 11.5 Å². The first-order chi connectivity index (χ1) is 19.6. The number of benzene rings is 3. The molecule has 0 saturated carbocycles. The van der Waals surface area contributed by atoms with Crippen LogP contribution >= 0.6 is 15.9 Å². The molecule has 40 heavy (non-hydrogen) atoms. The zero-order valence-electron chi connectivity index (χ0n) is 22.4. The molecule has 2 heterocycles. The van der Waals surface area contributed by atoms with Gasteiger partial charge in [0.1, 0.15) is 25.4 Å². The molecule has 10 heteroatoms. The van der Waals surface area contributed by atoms with E-state index in [2.05, 4.69) is 41.0 Å². The maximum absolute atomic E-state index is 12.3. The summed E-state index contributed by atoms with van der Waals surface area (Å²) >= 11 is 3.51. The number of nitrogens with zero attached hydrogens (tertiary/aromatic N) is 4. The molecular formula is C30H32BrN5O4. The minimum absolute atomic E-state index is 0.193. The van der Waals surface area contributed by atoms with Gasteiger partial charge in [-0.25, -0.2) is 9.97 Å². The van der Waals surface area contributed by atoms with E-state index in [1.54, 1.807) is 7.11 Å². The van der Waals surface area contributed by atoms with Crippen LogP contribution in [0.15, 0.2) is 77.5 Å². The Morgan fingerprint density at radius 1 is 0.950 bits per heavy atom. The van der Waals surface area contributed by atoms with Crippen molar-refractivity contribution in [2.75, 3.05) is 58.3 Å². The number of hydrogen-bond donors (Lipinski definition) is 1. The summed E-state index contributed by atoms with van der Waals surface area (Å²) < 4.78 is 18.2. The Balaban J connectivity index is 1.12. The Morgan fingerprint density at radius 3 is 2.52 bits per heavy atom. The predicted molar refractivity (Wildman–Crippen MR) is 158 cm³/mol. The van der Waals surface area contributed by atoms with Crippen LogP contribution in [0, 0.1) is 0 Å². The number of aromatic nitrogens is 2. The molecule has 0 unspecified atom stereocenters. The first-order valence-corrected chi connectivity index (χ1v) is 14.0. The first-order valence-electron chi connectivity index (χ1n) is 13.2. The monoisotopic (exact) mass is 605 g/mol. The van der Waals surface area contributed by atoms with Gasteiger partial charge in [-0.3, -0.25) is 14.6 Å². The smallest absolute Gasteiger partial charge is 0.320 e. The highest BCUT2D eigenvalue weighted by molar-refractivity contribution is 9.10. The van der Waals surface area contributed by atoms with Crippen LogP contribution < -0.4 is 14.8 Å². The maximum atomic E-state index is 12.3. The lowest BCUT2D eigenvalue weighted by molar-refractivity contribution is -0.146. The number of fused-ring (bicyclic) bond motifs is 1. The lowest BCUT2D eigenvalue weighted by atomic mass is 10.2. The van der Waals surface area contributed by atoms with E-state index in [0.29, 0.717) is 37.1 Å². The number of esters is 1. The van der Waals surface area contributed by atoms with Gasteiger partial charge in [0, 0.05) is 54.3 Å². The van der Waals surface area contributed by atoms with Gasteiger partial charge in [-0.2, -0.15) is 0 Å². The van der Waals surface area contributed by atoms with Crippen molar-refractivity contribution < 1.29 is 19.0 Å². The average molecular weight is 607 g/mol. The van der Waals surface area contributed by atoms with E-state index in [-0.39, 0.29) is 5.97 Å². The van der Waals surface area contributed by atoms with Crippen LogP contribution in [0.25, 0.3) is 10.9 Å². The second kappa shape index (κ2) is 13.6.